The third-order valence-corrected chi connectivity index (χ3v) is 3.04. The summed E-state index contributed by atoms with van der Waals surface area (Å²) < 4.78 is 5.73. The van der Waals surface area contributed by atoms with E-state index in [9.17, 15) is 0 Å². The molecule has 2 aromatic rings. The molecule has 1 aliphatic carbocycles. The van der Waals surface area contributed by atoms with E-state index in [2.05, 4.69) is 9.97 Å². The van der Waals surface area contributed by atoms with Gasteiger partial charge in [0.25, 0.3) is 0 Å². The van der Waals surface area contributed by atoms with Crippen LogP contribution in [0, 0.1) is 0 Å². The number of nitrogens with two attached hydrogens (primary N) is 1. The molecule has 0 amide bonds. The highest BCUT2D eigenvalue weighted by Gasteiger charge is 2.23. The summed E-state index contributed by atoms with van der Waals surface area (Å²) >= 11 is 6.17. The van der Waals surface area contributed by atoms with E-state index in [1.807, 2.05) is 18.2 Å². The summed E-state index contributed by atoms with van der Waals surface area (Å²) in [7, 11) is 0. The van der Waals surface area contributed by atoms with Crippen LogP contribution in [0.15, 0.2) is 30.6 Å². The fourth-order valence-corrected chi connectivity index (χ4v) is 1.84. The molecule has 0 unspecified atom stereocenters. The van der Waals surface area contributed by atoms with E-state index in [1.54, 1.807) is 6.20 Å². The van der Waals surface area contributed by atoms with Gasteiger partial charge in [-0.25, -0.2) is 4.98 Å². The van der Waals surface area contributed by atoms with Gasteiger partial charge in [0.05, 0.1) is 29.2 Å². The molecular weight excluding hydrogens is 250 g/mol. The summed E-state index contributed by atoms with van der Waals surface area (Å²) in [6, 6.07) is 5.57. The first-order valence-corrected chi connectivity index (χ1v) is 6.14. The van der Waals surface area contributed by atoms with Crippen molar-refractivity contribution in [1.82, 2.24) is 9.97 Å². The van der Waals surface area contributed by atoms with E-state index in [-0.39, 0.29) is 0 Å². The molecule has 4 nitrogen and oxygen atoms in total. The lowest BCUT2D eigenvalue weighted by Crippen LogP contribution is -1.97. The maximum absolute atomic E-state index is 6.17. The number of anilines is 1. The zero-order valence-electron chi connectivity index (χ0n) is 9.64. The number of ether oxygens (including phenoxy) is 1. The van der Waals surface area contributed by atoms with Crippen LogP contribution in [0.1, 0.15) is 12.8 Å². The zero-order chi connectivity index (χ0) is 12.5. The first-order chi connectivity index (χ1) is 8.72. The molecular formula is C13H12ClN3O. The molecule has 1 aromatic heterocycles. The lowest BCUT2D eigenvalue weighted by atomic mass is 10.1. The van der Waals surface area contributed by atoms with Crippen LogP contribution < -0.4 is 10.5 Å². The summed E-state index contributed by atoms with van der Waals surface area (Å²) in [6.07, 6.45) is 5.73. The Morgan fingerprint density at radius 3 is 2.72 bits per heavy atom. The number of rotatable bonds is 3. The second kappa shape index (κ2) is 4.46. The third-order valence-electron chi connectivity index (χ3n) is 2.71. The molecule has 1 aromatic carbocycles. The van der Waals surface area contributed by atoms with E-state index in [0.29, 0.717) is 22.6 Å². The fraction of sp³-hybridized carbons (Fsp3) is 0.231. The van der Waals surface area contributed by atoms with Crippen molar-refractivity contribution in [2.24, 2.45) is 0 Å². The highest BCUT2D eigenvalue weighted by Crippen LogP contribution is 2.33. The topological polar surface area (TPSA) is 61.0 Å². The fourth-order valence-electron chi connectivity index (χ4n) is 1.63. The Labute approximate surface area is 110 Å². The highest BCUT2D eigenvalue weighted by molar-refractivity contribution is 6.33. The molecule has 0 bridgehead atoms. The number of nitrogen functional groups attached to an aromatic ring is 1. The molecule has 1 fully saturated rings. The predicted molar refractivity (Wildman–Crippen MR) is 70.5 cm³/mol. The molecule has 0 saturated heterocycles. The summed E-state index contributed by atoms with van der Waals surface area (Å²) in [5, 5.41) is 0.622. The van der Waals surface area contributed by atoms with Crippen molar-refractivity contribution in [2.45, 2.75) is 18.9 Å². The zero-order valence-corrected chi connectivity index (χ0v) is 10.4. The first-order valence-electron chi connectivity index (χ1n) is 5.76. The number of aromatic nitrogens is 2. The van der Waals surface area contributed by atoms with Crippen molar-refractivity contribution < 1.29 is 4.74 Å². The number of hydrogen-bond acceptors (Lipinski definition) is 4. The minimum Gasteiger partial charge on any atom is -0.490 e. The van der Waals surface area contributed by atoms with E-state index >= 15 is 0 Å². The molecule has 2 N–H and O–H groups in total. The minimum atomic E-state index is 0.358. The standard InChI is InChI=1S/C13H12ClN3O/c14-11-4-3-9(18-8-1-2-8)5-10(11)12-6-17-13(15)7-16-12/h3-8H,1-2H2,(H2,15,17). The summed E-state index contributed by atoms with van der Waals surface area (Å²) in [6.45, 7) is 0. The van der Waals surface area contributed by atoms with Gasteiger partial charge in [-0.05, 0) is 31.0 Å². The Balaban J connectivity index is 1.95. The first kappa shape index (κ1) is 11.3. The van der Waals surface area contributed by atoms with Crippen molar-refractivity contribution >= 4 is 17.4 Å². The lowest BCUT2D eigenvalue weighted by molar-refractivity contribution is 0.303. The van der Waals surface area contributed by atoms with Crippen LogP contribution in [0.5, 0.6) is 5.75 Å². The normalized spacial score (nSPS) is 14.5. The maximum Gasteiger partial charge on any atom is 0.141 e. The SMILES string of the molecule is Nc1cnc(-c2cc(OC3CC3)ccc2Cl)cn1. The average molecular weight is 262 g/mol. The number of hydrogen-bond donors (Lipinski definition) is 1. The van der Waals surface area contributed by atoms with Crippen molar-refractivity contribution in [3.8, 4) is 17.0 Å². The Bertz CT molecular complexity index is 567. The molecule has 0 radical (unpaired) electrons. The van der Waals surface area contributed by atoms with Gasteiger partial charge in [-0.2, -0.15) is 0 Å². The smallest absolute Gasteiger partial charge is 0.141 e. The van der Waals surface area contributed by atoms with Gasteiger partial charge in [-0.1, -0.05) is 11.6 Å². The molecule has 1 aliphatic rings. The molecule has 3 rings (SSSR count). The van der Waals surface area contributed by atoms with E-state index < -0.39 is 0 Å². The monoisotopic (exact) mass is 261 g/mol. The van der Waals surface area contributed by atoms with Gasteiger partial charge in [-0.3, -0.25) is 4.98 Å². The average Bonchev–Trinajstić information content (AvgIpc) is 3.17. The number of benzene rings is 1. The molecule has 92 valence electrons. The summed E-state index contributed by atoms with van der Waals surface area (Å²) in [5.74, 6) is 1.20. The molecule has 0 aliphatic heterocycles. The van der Waals surface area contributed by atoms with Crippen LogP contribution >= 0.6 is 11.6 Å². The molecule has 5 heteroatoms. The van der Waals surface area contributed by atoms with Gasteiger partial charge in [0.15, 0.2) is 0 Å². The van der Waals surface area contributed by atoms with Crippen LogP contribution in [0.2, 0.25) is 5.02 Å². The van der Waals surface area contributed by atoms with Gasteiger partial charge in [0, 0.05) is 5.56 Å². The largest absolute Gasteiger partial charge is 0.490 e. The second-order valence-electron chi connectivity index (χ2n) is 4.29. The Morgan fingerprint density at radius 1 is 1.22 bits per heavy atom. The molecule has 1 heterocycles. The van der Waals surface area contributed by atoms with Gasteiger partial charge in [-0.15, -0.1) is 0 Å². The quantitative estimate of drug-likeness (QED) is 0.923. The van der Waals surface area contributed by atoms with E-state index in [4.69, 9.17) is 22.1 Å². The van der Waals surface area contributed by atoms with Crippen molar-refractivity contribution in [2.75, 3.05) is 5.73 Å². The van der Waals surface area contributed by atoms with Gasteiger partial charge in [0.1, 0.15) is 11.6 Å². The van der Waals surface area contributed by atoms with Crippen molar-refractivity contribution in [3.63, 3.8) is 0 Å². The van der Waals surface area contributed by atoms with Crippen molar-refractivity contribution in [1.29, 1.82) is 0 Å². The second-order valence-corrected chi connectivity index (χ2v) is 4.69. The van der Waals surface area contributed by atoms with Crippen LogP contribution in [-0.4, -0.2) is 16.1 Å². The van der Waals surface area contributed by atoms with Gasteiger partial charge in [0.2, 0.25) is 0 Å². The van der Waals surface area contributed by atoms with Gasteiger partial charge < -0.3 is 10.5 Å². The Morgan fingerprint density at radius 2 is 2.06 bits per heavy atom. The van der Waals surface area contributed by atoms with Crippen molar-refractivity contribution in [3.05, 3.63) is 35.6 Å². The molecule has 0 spiro atoms. The lowest BCUT2D eigenvalue weighted by Gasteiger charge is -2.08. The Kier molecular flexibility index (Phi) is 2.80. The molecule has 1 saturated carbocycles. The number of nitrogens with zero attached hydrogens (tertiary/aromatic N) is 2. The van der Waals surface area contributed by atoms with Crippen LogP contribution in [0.25, 0.3) is 11.3 Å². The van der Waals surface area contributed by atoms with Crippen LogP contribution in [0.3, 0.4) is 0 Å². The minimum absolute atomic E-state index is 0.358. The summed E-state index contributed by atoms with van der Waals surface area (Å²) in [4.78, 5) is 8.23. The maximum atomic E-state index is 6.17. The van der Waals surface area contributed by atoms with Gasteiger partial charge >= 0.3 is 0 Å². The van der Waals surface area contributed by atoms with Crippen LogP contribution in [-0.2, 0) is 0 Å². The Hall–Kier alpha value is -1.81. The van der Waals surface area contributed by atoms with Crippen LogP contribution in [0.4, 0.5) is 5.82 Å². The third kappa shape index (κ3) is 2.38. The molecule has 18 heavy (non-hydrogen) atoms. The van der Waals surface area contributed by atoms with E-state index in [1.165, 1.54) is 6.20 Å². The predicted octanol–water partition coefficient (Wildman–Crippen LogP) is 2.92. The summed E-state index contributed by atoms with van der Waals surface area (Å²) in [5.41, 5.74) is 7.01. The molecule has 0 atom stereocenters. The van der Waals surface area contributed by atoms with E-state index in [0.717, 1.165) is 24.2 Å². The number of halogens is 1. The highest BCUT2D eigenvalue weighted by atomic mass is 35.5.